The molecule has 10 heavy (non-hydrogen) atoms. The fraction of sp³-hybridized carbons (Fsp3) is 1.00. The average molecular weight is 142 g/mol. The molecule has 0 radical (unpaired) electrons. The lowest BCUT2D eigenvalue weighted by Crippen LogP contribution is -2.28. The van der Waals surface area contributed by atoms with E-state index in [-0.39, 0.29) is 0 Å². The van der Waals surface area contributed by atoms with Gasteiger partial charge in [-0.15, -0.1) is 0 Å². The third-order valence-corrected chi connectivity index (χ3v) is 1.77. The number of hydrogen-bond acceptors (Lipinski definition) is 2. The van der Waals surface area contributed by atoms with Gasteiger partial charge in [0.05, 0.1) is 0 Å². The minimum atomic E-state index is 0.462. The van der Waals surface area contributed by atoms with Gasteiger partial charge in [0.25, 0.3) is 0 Å². The van der Waals surface area contributed by atoms with Crippen molar-refractivity contribution in [3.05, 3.63) is 0 Å². The fourth-order valence-corrected chi connectivity index (χ4v) is 1.42. The first kappa shape index (κ1) is 8.02. The molecule has 1 atom stereocenters. The van der Waals surface area contributed by atoms with E-state index in [2.05, 4.69) is 31.4 Å². The molecule has 1 aliphatic heterocycles. The topological polar surface area (TPSA) is 24.1 Å². The molecule has 0 aromatic carbocycles. The monoisotopic (exact) mass is 142 g/mol. The second-order valence-electron chi connectivity index (χ2n) is 4.30. The second-order valence-corrected chi connectivity index (χ2v) is 4.30. The largest absolute Gasteiger partial charge is 0.303 e. The van der Waals surface area contributed by atoms with Crippen LogP contribution in [-0.4, -0.2) is 19.3 Å². The minimum absolute atomic E-state index is 0.462. The molecule has 1 unspecified atom stereocenters. The maximum Gasteiger partial charge on any atom is 0.0457 e. The van der Waals surface area contributed by atoms with Crippen LogP contribution in [0, 0.1) is 5.41 Å². The summed E-state index contributed by atoms with van der Waals surface area (Å²) in [5.41, 5.74) is 0.462. The summed E-state index contributed by atoms with van der Waals surface area (Å²) in [5, 5.41) is 6.69. The number of nitrogens with one attached hydrogen (secondary N) is 2. The van der Waals surface area contributed by atoms with Gasteiger partial charge < -0.3 is 10.6 Å². The normalized spacial score (nSPS) is 27.3. The standard InChI is InChI=1S/C8H18N2/c1-8(2,3)4-7-5-9-6-10-7/h7,9-10H,4-6H2,1-3H3. The Kier molecular flexibility index (Phi) is 2.32. The van der Waals surface area contributed by atoms with Crippen molar-refractivity contribution < 1.29 is 0 Å². The van der Waals surface area contributed by atoms with Crippen molar-refractivity contribution in [1.29, 1.82) is 0 Å². The SMILES string of the molecule is CC(C)(C)CC1CNCN1. The molecule has 0 spiro atoms. The number of hydrogen-bond donors (Lipinski definition) is 2. The zero-order valence-electron chi connectivity index (χ0n) is 7.20. The summed E-state index contributed by atoms with van der Waals surface area (Å²) in [6.07, 6.45) is 1.26. The molecule has 1 heterocycles. The summed E-state index contributed by atoms with van der Waals surface area (Å²) in [7, 11) is 0. The molecule has 1 saturated heterocycles. The summed E-state index contributed by atoms with van der Waals surface area (Å²) in [6.45, 7) is 8.98. The maximum absolute atomic E-state index is 3.40. The van der Waals surface area contributed by atoms with Crippen LogP contribution < -0.4 is 10.6 Å². The lowest BCUT2D eigenvalue weighted by Gasteiger charge is -2.22. The van der Waals surface area contributed by atoms with E-state index in [4.69, 9.17) is 0 Å². The summed E-state index contributed by atoms with van der Waals surface area (Å²) in [6, 6.07) is 0.694. The molecular weight excluding hydrogens is 124 g/mol. The predicted octanol–water partition coefficient (Wildman–Crippen LogP) is 0.942. The Hall–Kier alpha value is -0.0800. The summed E-state index contributed by atoms with van der Waals surface area (Å²) in [4.78, 5) is 0. The van der Waals surface area contributed by atoms with E-state index >= 15 is 0 Å². The van der Waals surface area contributed by atoms with Crippen molar-refractivity contribution in [3.63, 3.8) is 0 Å². The predicted molar refractivity (Wildman–Crippen MR) is 43.9 cm³/mol. The van der Waals surface area contributed by atoms with E-state index in [9.17, 15) is 0 Å². The van der Waals surface area contributed by atoms with Crippen molar-refractivity contribution in [2.24, 2.45) is 5.41 Å². The summed E-state index contributed by atoms with van der Waals surface area (Å²) in [5.74, 6) is 0. The Morgan fingerprint density at radius 2 is 2.10 bits per heavy atom. The lowest BCUT2D eigenvalue weighted by molar-refractivity contribution is 0.332. The van der Waals surface area contributed by atoms with Crippen LogP contribution in [0.1, 0.15) is 27.2 Å². The van der Waals surface area contributed by atoms with Crippen molar-refractivity contribution >= 4 is 0 Å². The third-order valence-electron chi connectivity index (χ3n) is 1.77. The molecule has 0 amide bonds. The molecule has 0 aliphatic carbocycles. The van der Waals surface area contributed by atoms with Crippen LogP contribution >= 0.6 is 0 Å². The van der Waals surface area contributed by atoms with E-state index < -0.39 is 0 Å². The van der Waals surface area contributed by atoms with E-state index in [1.165, 1.54) is 6.42 Å². The van der Waals surface area contributed by atoms with Gasteiger partial charge in [-0.25, -0.2) is 0 Å². The number of rotatable bonds is 1. The Labute approximate surface area is 63.4 Å². The Morgan fingerprint density at radius 1 is 1.40 bits per heavy atom. The first-order chi connectivity index (χ1) is 4.58. The van der Waals surface area contributed by atoms with Gasteiger partial charge in [0.2, 0.25) is 0 Å². The smallest absolute Gasteiger partial charge is 0.0457 e. The molecule has 2 N–H and O–H groups in total. The quantitative estimate of drug-likeness (QED) is 0.569. The highest BCUT2D eigenvalue weighted by atomic mass is 15.2. The van der Waals surface area contributed by atoms with Crippen LogP contribution in [0.15, 0.2) is 0 Å². The van der Waals surface area contributed by atoms with Gasteiger partial charge in [-0.3, -0.25) is 0 Å². The first-order valence-electron chi connectivity index (χ1n) is 4.02. The van der Waals surface area contributed by atoms with Gasteiger partial charge in [0.15, 0.2) is 0 Å². The van der Waals surface area contributed by atoms with Gasteiger partial charge in [-0.1, -0.05) is 20.8 Å². The Balaban J connectivity index is 2.24. The fourth-order valence-electron chi connectivity index (χ4n) is 1.42. The van der Waals surface area contributed by atoms with Crippen molar-refractivity contribution in [3.8, 4) is 0 Å². The second kappa shape index (κ2) is 2.89. The molecule has 1 fully saturated rings. The van der Waals surface area contributed by atoms with Crippen molar-refractivity contribution in [2.75, 3.05) is 13.2 Å². The zero-order valence-corrected chi connectivity index (χ0v) is 7.20. The molecular formula is C8H18N2. The molecule has 2 nitrogen and oxygen atoms in total. The van der Waals surface area contributed by atoms with E-state index in [0.717, 1.165) is 13.2 Å². The lowest BCUT2D eigenvalue weighted by atomic mass is 9.88. The van der Waals surface area contributed by atoms with Gasteiger partial charge in [-0.2, -0.15) is 0 Å². The molecule has 60 valence electrons. The average Bonchev–Trinajstić information content (AvgIpc) is 2.12. The first-order valence-corrected chi connectivity index (χ1v) is 4.02. The van der Waals surface area contributed by atoms with Gasteiger partial charge in [-0.05, 0) is 11.8 Å². The molecule has 0 saturated carbocycles. The van der Waals surface area contributed by atoms with Gasteiger partial charge in [0.1, 0.15) is 0 Å². The van der Waals surface area contributed by atoms with Crippen LogP contribution in [0.3, 0.4) is 0 Å². The van der Waals surface area contributed by atoms with Crippen LogP contribution in [0.4, 0.5) is 0 Å². The highest BCUT2D eigenvalue weighted by Crippen LogP contribution is 2.20. The van der Waals surface area contributed by atoms with Gasteiger partial charge >= 0.3 is 0 Å². The third kappa shape index (κ3) is 2.67. The van der Waals surface area contributed by atoms with Crippen LogP contribution in [-0.2, 0) is 0 Å². The molecule has 2 heteroatoms. The van der Waals surface area contributed by atoms with E-state index in [1.54, 1.807) is 0 Å². The molecule has 1 aliphatic rings. The molecule has 1 rings (SSSR count). The Morgan fingerprint density at radius 3 is 2.50 bits per heavy atom. The minimum Gasteiger partial charge on any atom is -0.303 e. The molecule has 0 aromatic rings. The van der Waals surface area contributed by atoms with E-state index in [0.29, 0.717) is 11.5 Å². The van der Waals surface area contributed by atoms with Crippen LogP contribution in [0.2, 0.25) is 0 Å². The summed E-state index contributed by atoms with van der Waals surface area (Å²) >= 11 is 0. The highest BCUT2D eigenvalue weighted by molar-refractivity contribution is 4.79. The Bertz CT molecular complexity index is 98.3. The van der Waals surface area contributed by atoms with E-state index in [1.807, 2.05) is 0 Å². The van der Waals surface area contributed by atoms with Crippen molar-refractivity contribution in [2.45, 2.75) is 33.2 Å². The maximum atomic E-state index is 3.40. The highest BCUT2D eigenvalue weighted by Gasteiger charge is 2.20. The molecule has 0 aromatic heterocycles. The van der Waals surface area contributed by atoms with Crippen LogP contribution in [0.5, 0.6) is 0 Å². The van der Waals surface area contributed by atoms with Crippen LogP contribution in [0.25, 0.3) is 0 Å². The van der Waals surface area contributed by atoms with Gasteiger partial charge in [0, 0.05) is 19.3 Å². The molecule has 0 bridgehead atoms. The summed E-state index contributed by atoms with van der Waals surface area (Å²) < 4.78 is 0. The van der Waals surface area contributed by atoms with Crippen molar-refractivity contribution in [1.82, 2.24) is 10.6 Å². The zero-order chi connectivity index (χ0) is 7.61.